The Hall–Kier alpha value is -1.31. The molecule has 0 saturated heterocycles. The van der Waals surface area contributed by atoms with E-state index in [1.54, 1.807) is 0 Å². The molecular formula is C14H11ClO. The van der Waals surface area contributed by atoms with Crippen LogP contribution in [0.1, 0.15) is 18.1 Å². The van der Waals surface area contributed by atoms with Gasteiger partial charge in [-0.15, -0.1) is 0 Å². The van der Waals surface area contributed by atoms with Crippen molar-refractivity contribution >= 4 is 11.6 Å². The van der Waals surface area contributed by atoms with E-state index in [0.717, 1.165) is 22.3 Å². The van der Waals surface area contributed by atoms with Gasteiger partial charge in [-0.3, -0.25) is 0 Å². The Morgan fingerprint density at radius 3 is 2.50 bits per heavy atom. The first-order valence-corrected chi connectivity index (χ1v) is 5.61. The monoisotopic (exact) mass is 230 g/mol. The molecule has 2 aromatic carbocycles. The van der Waals surface area contributed by atoms with Crippen molar-refractivity contribution in [2.45, 2.75) is 12.5 Å². The first kappa shape index (κ1) is 9.88. The second kappa shape index (κ2) is 3.09. The predicted octanol–water partition coefficient (Wildman–Crippen LogP) is 3.58. The van der Waals surface area contributed by atoms with Crippen LogP contribution in [0.5, 0.6) is 0 Å². The van der Waals surface area contributed by atoms with Gasteiger partial charge in [0.2, 0.25) is 0 Å². The molecule has 1 unspecified atom stereocenters. The molecule has 0 saturated carbocycles. The van der Waals surface area contributed by atoms with E-state index in [-0.39, 0.29) is 0 Å². The molecule has 16 heavy (non-hydrogen) atoms. The lowest BCUT2D eigenvalue weighted by molar-refractivity contribution is 0.107. The summed E-state index contributed by atoms with van der Waals surface area (Å²) in [5.41, 5.74) is 3.08. The number of benzene rings is 2. The zero-order valence-corrected chi connectivity index (χ0v) is 9.62. The number of rotatable bonds is 0. The van der Waals surface area contributed by atoms with Crippen LogP contribution >= 0.6 is 11.6 Å². The molecule has 0 aromatic heterocycles. The van der Waals surface area contributed by atoms with Crippen molar-refractivity contribution in [2.75, 3.05) is 0 Å². The third-order valence-corrected chi connectivity index (χ3v) is 3.48. The normalized spacial score (nSPS) is 21.7. The standard InChI is InChI=1S/C14H11ClO/c1-14(16)12-5-3-2-4-10(12)11-8-9(15)6-7-13(11)14/h2-8,16H,1H3. The first-order chi connectivity index (χ1) is 7.60. The fraction of sp³-hybridized carbons (Fsp3) is 0.143. The molecule has 1 atom stereocenters. The molecule has 0 radical (unpaired) electrons. The molecule has 1 nitrogen and oxygen atoms in total. The maximum absolute atomic E-state index is 10.5. The average molecular weight is 231 g/mol. The number of hydrogen-bond donors (Lipinski definition) is 1. The minimum Gasteiger partial charge on any atom is -0.381 e. The quantitative estimate of drug-likeness (QED) is 0.734. The van der Waals surface area contributed by atoms with Gasteiger partial charge in [0, 0.05) is 5.02 Å². The molecule has 2 heteroatoms. The summed E-state index contributed by atoms with van der Waals surface area (Å²) in [6.07, 6.45) is 0. The van der Waals surface area contributed by atoms with Gasteiger partial charge >= 0.3 is 0 Å². The van der Waals surface area contributed by atoms with Crippen LogP contribution in [0.2, 0.25) is 5.02 Å². The van der Waals surface area contributed by atoms with E-state index in [1.165, 1.54) is 0 Å². The summed E-state index contributed by atoms with van der Waals surface area (Å²) in [6, 6.07) is 13.5. The van der Waals surface area contributed by atoms with E-state index >= 15 is 0 Å². The van der Waals surface area contributed by atoms with Gasteiger partial charge in [-0.1, -0.05) is 41.9 Å². The molecule has 3 rings (SSSR count). The molecule has 0 heterocycles. The van der Waals surface area contributed by atoms with Crippen LogP contribution in [0.25, 0.3) is 11.1 Å². The molecule has 1 aliphatic rings. The van der Waals surface area contributed by atoms with Crippen molar-refractivity contribution in [2.24, 2.45) is 0 Å². The highest BCUT2D eigenvalue weighted by Gasteiger charge is 2.36. The summed E-state index contributed by atoms with van der Waals surface area (Å²) in [4.78, 5) is 0. The van der Waals surface area contributed by atoms with Gasteiger partial charge in [0.15, 0.2) is 0 Å². The summed E-state index contributed by atoms with van der Waals surface area (Å²) < 4.78 is 0. The van der Waals surface area contributed by atoms with Gasteiger partial charge in [-0.2, -0.15) is 0 Å². The summed E-state index contributed by atoms with van der Waals surface area (Å²) in [7, 11) is 0. The maximum Gasteiger partial charge on any atom is 0.113 e. The lowest BCUT2D eigenvalue weighted by atomic mass is 9.94. The topological polar surface area (TPSA) is 20.2 Å². The molecule has 0 aliphatic heterocycles. The predicted molar refractivity (Wildman–Crippen MR) is 65.6 cm³/mol. The van der Waals surface area contributed by atoms with Crippen LogP contribution in [0.4, 0.5) is 0 Å². The lowest BCUT2D eigenvalue weighted by Crippen LogP contribution is -2.18. The van der Waals surface area contributed by atoms with Gasteiger partial charge in [0.25, 0.3) is 0 Å². The Balaban J connectivity index is 2.40. The SMILES string of the molecule is CC1(O)c2ccccc2-c2cc(Cl)ccc21. The fourth-order valence-electron chi connectivity index (χ4n) is 2.45. The Kier molecular flexibility index (Phi) is 1.91. The van der Waals surface area contributed by atoms with E-state index in [1.807, 2.05) is 49.4 Å². The Morgan fingerprint density at radius 2 is 1.69 bits per heavy atom. The van der Waals surface area contributed by atoms with Crippen LogP contribution in [-0.2, 0) is 5.60 Å². The molecule has 1 aliphatic carbocycles. The summed E-state index contributed by atoms with van der Waals surface area (Å²) in [5, 5.41) is 11.2. The van der Waals surface area contributed by atoms with E-state index in [4.69, 9.17) is 11.6 Å². The highest BCUT2D eigenvalue weighted by atomic mass is 35.5. The van der Waals surface area contributed by atoms with E-state index in [0.29, 0.717) is 5.02 Å². The number of halogens is 1. The zero-order valence-electron chi connectivity index (χ0n) is 8.87. The molecule has 0 spiro atoms. The molecule has 0 amide bonds. The number of hydrogen-bond acceptors (Lipinski definition) is 1. The van der Waals surface area contributed by atoms with Crippen molar-refractivity contribution in [1.29, 1.82) is 0 Å². The second-order valence-electron chi connectivity index (χ2n) is 4.31. The Labute approximate surface area is 99.3 Å². The highest BCUT2D eigenvalue weighted by Crippen LogP contribution is 2.47. The summed E-state index contributed by atoms with van der Waals surface area (Å²) in [5.74, 6) is 0. The third-order valence-electron chi connectivity index (χ3n) is 3.25. The molecule has 2 aromatic rings. The minimum absolute atomic E-state index is 0.700. The number of aliphatic hydroxyl groups is 1. The van der Waals surface area contributed by atoms with Crippen molar-refractivity contribution in [3.8, 4) is 11.1 Å². The largest absolute Gasteiger partial charge is 0.381 e. The highest BCUT2D eigenvalue weighted by molar-refractivity contribution is 6.31. The average Bonchev–Trinajstić information content (AvgIpc) is 2.49. The summed E-state index contributed by atoms with van der Waals surface area (Å²) in [6.45, 7) is 1.82. The zero-order chi connectivity index (χ0) is 11.3. The fourth-order valence-corrected chi connectivity index (χ4v) is 2.62. The third kappa shape index (κ3) is 1.16. The van der Waals surface area contributed by atoms with E-state index in [2.05, 4.69) is 0 Å². The molecule has 80 valence electrons. The van der Waals surface area contributed by atoms with Gasteiger partial charge in [0.1, 0.15) is 5.60 Å². The van der Waals surface area contributed by atoms with Crippen molar-refractivity contribution in [1.82, 2.24) is 0 Å². The molecular weight excluding hydrogens is 220 g/mol. The summed E-state index contributed by atoms with van der Waals surface area (Å²) >= 11 is 6.00. The first-order valence-electron chi connectivity index (χ1n) is 5.23. The maximum atomic E-state index is 10.5. The van der Waals surface area contributed by atoms with Gasteiger partial charge < -0.3 is 5.11 Å². The van der Waals surface area contributed by atoms with Crippen LogP contribution in [0.15, 0.2) is 42.5 Å². The molecule has 0 bridgehead atoms. The smallest absolute Gasteiger partial charge is 0.113 e. The van der Waals surface area contributed by atoms with Crippen molar-refractivity contribution < 1.29 is 5.11 Å². The lowest BCUT2D eigenvalue weighted by Gasteiger charge is -2.19. The second-order valence-corrected chi connectivity index (χ2v) is 4.74. The van der Waals surface area contributed by atoms with Gasteiger partial charge in [-0.25, -0.2) is 0 Å². The Bertz CT molecular complexity index is 573. The molecule has 1 N–H and O–H groups in total. The van der Waals surface area contributed by atoms with Crippen LogP contribution in [0.3, 0.4) is 0 Å². The Morgan fingerprint density at radius 1 is 1.00 bits per heavy atom. The van der Waals surface area contributed by atoms with Crippen molar-refractivity contribution in [3.63, 3.8) is 0 Å². The van der Waals surface area contributed by atoms with Gasteiger partial charge in [0.05, 0.1) is 0 Å². The van der Waals surface area contributed by atoms with E-state index in [9.17, 15) is 5.11 Å². The van der Waals surface area contributed by atoms with Crippen molar-refractivity contribution in [3.05, 3.63) is 58.6 Å². The van der Waals surface area contributed by atoms with Gasteiger partial charge in [-0.05, 0) is 41.3 Å². The van der Waals surface area contributed by atoms with Crippen LogP contribution in [0, 0.1) is 0 Å². The molecule has 0 fully saturated rings. The van der Waals surface area contributed by atoms with E-state index < -0.39 is 5.60 Å². The van der Waals surface area contributed by atoms with Crippen LogP contribution in [-0.4, -0.2) is 5.11 Å². The van der Waals surface area contributed by atoms with Crippen LogP contribution < -0.4 is 0 Å². The minimum atomic E-state index is -0.906. The number of fused-ring (bicyclic) bond motifs is 3.